The molecule has 3 aromatic rings. The quantitative estimate of drug-likeness (QED) is 0.368. The Balaban J connectivity index is 1.60. The molecule has 1 saturated heterocycles. The van der Waals surface area contributed by atoms with Gasteiger partial charge in [-0.25, -0.2) is 17.8 Å². The molecular weight excluding hydrogens is 554 g/mol. The van der Waals surface area contributed by atoms with E-state index in [4.69, 9.17) is 10.5 Å². The summed E-state index contributed by atoms with van der Waals surface area (Å²) in [4.78, 5) is 18.2. The van der Waals surface area contributed by atoms with Gasteiger partial charge in [-0.2, -0.15) is 13.2 Å². The highest BCUT2D eigenvalue weighted by Gasteiger charge is 2.32. The minimum absolute atomic E-state index is 0.0182. The van der Waals surface area contributed by atoms with Crippen molar-refractivity contribution in [1.82, 2.24) is 4.98 Å². The first-order chi connectivity index (χ1) is 18.8. The van der Waals surface area contributed by atoms with Crippen LogP contribution in [0.2, 0.25) is 0 Å². The fourth-order valence-electron chi connectivity index (χ4n) is 4.53. The van der Waals surface area contributed by atoms with Gasteiger partial charge < -0.3 is 20.5 Å². The molecule has 1 unspecified atom stereocenters. The van der Waals surface area contributed by atoms with Gasteiger partial charge in [0.1, 0.15) is 11.9 Å². The molecule has 1 amide bonds. The van der Waals surface area contributed by atoms with Crippen molar-refractivity contribution in [2.24, 2.45) is 5.73 Å². The maximum atomic E-state index is 15.2. The number of hydrogen-bond donors (Lipinski definition) is 2. The molecule has 13 heteroatoms. The molecule has 8 nitrogen and oxygen atoms in total. The van der Waals surface area contributed by atoms with Crippen LogP contribution in [0.4, 0.5) is 23.4 Å². The minimum atomic E-state index is -4.47. The van der Waals surface area contributed by atoms with E-state index >= 15 is 4.39 Å². The van der Waals surface area contributed by atoms with Gasteiger partial charge in [-0.1, -0.05) is 19.1 Å². The van der Waals surface area contributed by atoms with Gasteiger partial charge in [0.25, 0.3) is 5.91 Å². The Morgan fingerprint density at radius 1 is 1.18 bits per heavy atom. The lowest BCUT2D eigenvalue weighted by atomic mass is 9.92. The molecule has 1 aliphatic rings. The molecule has 1 aliphatic heterocycles. The third-order valence-electron chi connectivity index (χ3n) is 6.72. The number of rotatable bonds is 9. The number of pyridine rings is 1. The van der Waals surface area contributed by atoms with Crippen LogP contribution in [0.3, 0.4) is 0 Å². The number of benzene rings is 2. The van der Waals surface area contributed by atoms with Crippen LogP contribution in [0.15, 0.2) is 59.5 Å². The Morgan fingerprint density at radius 3 is 2.38 bits per heavy atom. The number of aliphatic hydroxyl groups is 1. The summed E-state index contributed by atoms with van der Waals surface area (Å²) in [5, 5.41) is 10.2. The molecule has 0 saturated carbocycles. The van der Waals surface area contributed by atoms with Crippen molar-refractivity contribution in [3.63, 3.8) is 0 Å². The number of carbonyl (C=O) groups is 1. The minimum Gasteiger partial charge on any atom is -0.489 e. The number of aliphatic hydroxyl groups excluding tert-OH is 1. The third-order valence-corrected chi connectivity index (χ3v) is 8.47. The molecule has 1 fully saturated rings. The number of primary amides is 1. The molecule has 2 atom stereocenters. The summed E-state index contributed by atoms with van der Waals surface area (Å²) in [6.45, 7) is 1.45. The van der Waals surface area contributed by atoms with Crippen molar-refractivity contribution in [2.75, 3.05) is 30.3 Å². The van der Waals surface area contributed by atoms with Gasteiger partial charge in [0, 0.05) is 13.0 Å². The van der Waals surface area contributed by atoms with Crippen LogP contribution in [0, 0.1) is 5.82 Å². The van der Waals surface area contributed by atoms with Crippen LogP contribution in [0.25, 0.3) is 0 Å². The van der Waals surface area contributed by atoms with E-state index in [1.165, 1.54) is 43.3 Å². The maximum Gasteiger partial charge on any atom is 0.416 e. The van der Waals surface area contributed by atoms with E-state index in [-0.39, 0.29) is 40.0 Å². The number of aromatic nitrogens is 1. The second-order valence-corrected chi connectivity index (χ2v) is 11.6. The topological polar surface area (TPSA) is 123 Å². The summed E-state index contributed by atoms with van der Waals surface area (Å²) in [5.74, 6) is -2.67. The number of nitrogens with zero attached hydrogens (tertiary/aromatic N) is 2. The number of nitrogens with two attached hydrogens (primary N) is 1. The number of amides is 1. The molecule has 3 N–H and O–H groups in total. The van der Waals surface area contributed by atoms with E-state index in [0.717, 1.165) is 18.2 Å². The highest BCUT2D eigenvalue weighted by Crippen LogP contribution is 2.33. The Morgan fingerprint density at radius 2 is 1.82 bits per heavy atom. The Bertz CT molecular complexity index is 1480. The molecule has 0 radical (unpaired) electrons. The van der Waals surface area contributed by atoms with Crippen LogP contribution >= 0.6 is 0 Å². The molecule has 4 rings (SSSR count). The predicted octanol–water partition coefficient (Wildman–Crippen LogP) is 3.91. The Kier molecular flexibility index (Phi) is 8.36. The predicted molar refractivity (Wildman–Crippen MR) is 139 cm³/mol. The zero-order chi connectivity index (χ0) is 29.2. The molecule has 214 valence electrons. The van der Waals surface area contributed by atoms with Gasteiger partial charge in [0.2, 0.25) is 0 Å². The summed E-state index contributed by atoms with van der Waals surface area (Å²) in [7, 11) is -3.46. The number of carbonyl (C=O) groups excluding carboxylic acids is 1. The van der Waals surface area contributed by atoms with E-state index < -0.39 is 51.9 Å². The van der Waals surface area contributed by atoms with E-state index in [1.54, 1.807) is 4.90 Å². The van der Waals surface area contributed by atoms with Crippen molar-refractivity contribution >= 4 is 21.6 Å². The molecule has 40 heavy (non-hydrogen) atoms. The van der Waals surface area contributed by atoms with E-state index in [1.807, 2.05) is 0 Å². The summed E-state index contributed by atoms with van der Waals surface area (Å²) >= 11 is 0. The van der Waals surface area contributed by atoms with Crippen molar-refractivity contribution < 1.29 is 40.6 Å². The molecule has 0 aliphatic carbocycles. The SMILES string of the molecule is CCS(=O)(=O)c1ccc([C@@H](CO)c2nc(N3CCC(Oc4ccc(C(F)(F)F)cc4)C3)c(F)cc2C(N)=O)cc1. The van der Waals surface area contributed by atoms with Gasteiger partial charge in [-0.05, 0) is 48.0 Å². The fraction of sp³-hybridized carbons (Fsp3) is 0.333. The third kappa shape index (κ3) is 6.20. The van der Waals surface area contributed by atoms with Crippen molar-refractivity contribution in [3.05, 3.63) is 82.8 Å². The van der Waals surface area contributed by atoms with E-state index in [0.29, 0.717) is 18.5 Å². The molecule has 2 aromatic carbocycles. The number of sulfone groups is 1. The number of ether oxygens (including phenoxy) is 1. The van der Waals surface area contributed by atoms with Gasteiger partial charge in [-0.15, -0.1) is 0 Å². The zero-order valence-corrected chi connectivity index (χ0v) is 22.2. The monoisotopic (exact) mass is 581 g/mol. The number of halogens is 4. The summed E-state index contributed by atoms with van der Waals surface area (Å²) in [5.41, 5.74) is 4.91. The average Bonchev–Trinajstić information content (AvgIpc) is 3.37. The average molecular weight is 582 g/mol. The normalized spacial score (nSPS) is 16.6. The molecular formula is C27H27F4N3O5S. The summed E-state index contributed by atoms with van der Waals surface area (Å²) in [6.07, 6.45) is -4.52. The van der Waals surface area contributed by atoms with Crippen molar-refractivity contribution in [3.8, 4) is 5.75 Å². The second kappa shape index (κ2) is 11.4. The number of alkyl halides is 3. The van der Waals surface area contributed by atoms with Crippen LogP contribution in [0.5, 0.6) is 5.75 Å². The van der Waals surface area contributed by atoms with Crippen molar-refractivity contribution in [2.45, 2.75) is 36.4 Å². The maximum absolute atomic E-state index is 15.2. The van der Waals surface area contributed by atoms with Crippen LogP contribution in [-0.2, 0) is 16.0 Å². The largest absolute Gasteiger partial charge is 0.489 e. The lowest BCUT2D eigenvalue weighted by Crippen LogP contribution is -2.28. The molecule has 0 spiro atoms. The number of anilines is 1. The second-order valence-electron chi connectivity index (χ2n) is 9.30. The van der Waals surface area contributed by atoms with E-state index in [2.05, 4.69) is 4.98 Å². The highest BCUT2D eigenvalue weighted by atomic mass is 32.2. The standard InChI is InChI=1S/C27H27F4N3O5S/c1-2-40(37,38)20-9-3-16(4-10-20)22(15-35)24-21(25(32)36)13-23(28)26(33-24)34-12-11-19(14-34)39-18-7-5-17(6-8-18)27(29,30)31/h3-10,13,19,22,35H,2,11-12,14-15H2,1H3,(H2,32,36)/t19?,22-/m1/s1. The van der Waals surface area contributed by atoms with Crippen LogP contribution < -0.4 is 15.4 Å². The smallest absolute Gasteiger partial charge is 0.416 e. The van der Waals surface area contributed by atoms with Crippen molar-refractivity contribution in [1.29, 1.82) is 0 Å². The van der Waals surface area contributed by atoms with Gasteiger partial charge in [0.15, 0.2) is 21.5 Å². The first-order valence-corrected chi connectivity index (χ1v) is 14.0. The molecule has 1 aromatic heterocycles. The number of hydrogen-bond acceptors (Lipinski definition) is 7. The lowest BCUT2D eigenvalue weighted by molar-refractivity contribution is -0.137. The molecule has 2 heterocycles. The Labute approximate surface area is 228 Å². The highest BCUT2D eigenvalue weighted by molar-refractivity contribution is 7.91. The Hall–Kier alpha value is -3.71. The zero-order valence-electron chi connectivity index (χ0n) is 21.4. The summed E-state index contributed by atoms with van der Waals surface area (Å²) < 4.78 is 83.7. The first kappa shape index (κ1) is 29.3. The van der Waals surface area contributed by atoms with Crippen LogP contribution in [-0.4, -0.2) is 56.0 Å². The van der Waals surface area contributed by atoms with Gasteiger partial charge in [-0.3, -0.25) is 4.79 Å². The van der Waals surface area contributed by atoms with Gasteiger partial charge in [0.05, 0.1) is 46.5 Å². The molecule has 0 bridgehead atoms. The summed E-state index contributed by atoms with van der Waals surface area (Å²) in [6, 6.07) is 11.0. The lowest BCUT2D eigenvalue weighted by Gasteiger charge is -2.23. The van der Waals surface area contributed by atoms with Gasteiger partial charge >= 0.3 is 6.18 Å². The first-order valence-electron chi connectivity index (χ1n) is 12.4. The fourth-order valence-corrected chi connectivity index (χ4v) is 5.42. The van der Waals surface area contributed by atoms with E-state index in [9.17, 15) is 31.5 Å². The van der Waals surface area contributed by atoms with Crippen LogP contribution in [0.1, 0.15) is 46.4 Å².